The Hall–Kier alpha value is -2.12. The van der Waals surface area contributed by atoms with Gasteiger partial charge in [0, 0.05) is 30.5 Å². The maximum atomic E-state index is 12.9. The van der Waals surface area contributed by atoms with Crippen LogP contribution in [-0.4, -0.2) is 56.1 Å². The van der Waals surface area contributed by atoms with Crippen LogP contribution < -0.4 is 15.2 Å². The van der Waals surface area contributed by atoms with E-state index in [1.54, 1.807) is 20.3 Å². The number of hydrogen-bond donors (Lipinski definition) is 1. The fourth-order valence-corrected chi connectivity index (χ4v) is 4.76. The van der Waals surface area contributed by atoms with Crippen LogP contribution in [0.5, 0.6) is 11.5 Å². The number of methoxy groups -OCH3 is 2. The Labute approximate surface area is 185 Å². The first-order chi connectivity index (χ1) is 14.7. The van der Waals surface area contributed by atoms with Crippen molar-refractivity contribution >= 4 is 11.8 Å². The molecule has 31 heavy (non-hydrogen) atoms. The van der Waals surface area contributed by atoms with E-state index in [1.807, 2.05) is 19.9 Å². The number of carbonyl (C=O) groups excluding carboxylic acids is 2. The third-order valence-corrected chi connectivity index (χ3v) is 6.49. The lowest BCUT2D eigenvalue weighted by Crippen LogP contribution is -2.52. The van der Waals surface area contributed by atoms with E-state index < -0.39 is 6.04 Å². The summed E-state index contributed by atoms with van der Waals surface area (Å²) < 4.78 is 16.9. The van der Waals surface area contributed by atoms with Gasteiger partial charge in [0.1, 0.15) is 12.1 Å². The first-order valence-electron chi connectivity index (χ1n) is 11.1. The second kappa shape index (κ2) is 9.57. The van der Waals surface area contributed by atoms with Crippen molar-refractivity contribution in [1.29, 1.82) is 0 Å². The number of fused-ring (bicyclic) bond motifs is 3. The van der Waals surface area contributed by atoms with Gasteiger partial charge in [0.05, 0.1) is 20.8 Å². The summed E-state index contributed by atoms with van der Waals surface area (Å²) in [5.41, 5.74) is 7.63. The molecule has 1 fully saturated rings. The number of Topliss-reactive ketones (excluding diaryl/α,β-unsaturated/α-hetero) is 1. The molecule has 2 aliphatic rings. The molecule has 0 aromatic heterocycles. The predicted octanol–water partition coefficient (Wildman–Crippen LogP) is 3.20. The van der Waals surface area contributed by atoms with Crippen molar-refractivity contribution in [2.75, 3.05) is 27.3 Å². The van der Waals surface area contributed by atoms with Crippen molar-refractivity contribution in [2.24, 2.45) is 23.5 Å². The lowest BCUT2D eigenvalue weighted by Gasteiger charge is -2.46. The van der Waals surface area contributed by atoms with Gasteiger partial charge in [-0.25, -0.2) is 0 Å². The molecular weight excluding hydrogens is 396 g/mol. The van der Waals surface area contributed by atoms with E-state index in [-0.39, 0.29) is 35.7 Å². The largest absolute Gasteiger partial charge is 0.493 e. The summed E-state index contributed by atoms with van der Waals surface area (Å²) in [4.78, 5) is 27.8. The number of nitrogens with two attached hydrogens (primary N) is 1. The summed E-state index contributed by atoms with van der Waals surface area (Å²) in [6.45, 7) is 9.23. The van der Waals surface area contributed by atoms with E-state index in [0.717, 1.165) is 12.0 Å². The smallest absolute Gasteiger partial charge is 0.323 e. The number of nitrogens with zero attached hydrogens (tertiary/aromatic N) is 1. The first kappa shape index (κ1) is 23.5. The van der Waals surface area contributed by atoms with Gasteiger partial charge in [-0.3, -0.25) is 14.5 Å². The molecule has 1 saturated heterocycles. The van der Waals surface area contributed by atoms with Crippen LogP contribution >= 0.6 is 0 Å². The molecule has 0 spiro atoms. The second-order valence-electron chi connectivity index (χ2n) is 9.53. The maximum absolute atomic E-state index is 12.9. The van der Waals surface area contributed by atoms with Crippen molar-refractivity contribution in [2.45, 2.75) is 58.7 Å². The fraction of sp³-hybridized carbons (Fsp3) is 0.667. The molecule has 0 aliphatic carbocycles. The number of ketones is 1. The van der Waals surface area contributed by atoms with Crippen LogP contribution in [0.4, 0.5) is 0 Å². The second-order valence-corrected chi connectivity index (χ2v) is 9.53. The van der Waals surface area contributed by atoms with Crippen molar-refractivity contribution in [3.63, 3.8) is 0 Å². The Morgan fingerprint density at radius 1 is 1.16 bits per heavy atom. The monoisotopic (exact) mass is 432 g/mol. The molecule has 1 aromatic carbocycles. The third kappa shape index (κ3) is 4.88. The number of rotatable bonds is 7. The molecule has 172 valence electrons. The highest BCUT2D eigenvalue weighted by Gasteiger charge is 2.43. The van der Waals surface area contributed by atoms with Crippen molar-refractivity contribution in [3.8, 4) is 11.5 Å². The molecule has 4 atom stereocenters. The zero-order valence-electron chi connectivity index (χ0n) is 19.5. The fourth-order valence-electron chi connectivity index (χ4n) is 4.76. The van der Waals surface area contributed by atoms with Crippen LogP contribution in [0.3, 0.4) is 0 Å². The molecule has 0 radical (unpaired) electrons. The number of esters is 1. The SMILES string of the molecule is COc1cc2c(cc1OC)[C@H]1C[C@@H](OC(=O)C(N)C(C)C)[C@H](CC(C)C)CN1CC2=O. The van der Waals surface area contributed by atoms with E-state index in [4.69, 9.17) is 19.9 Å². The number of carbonyl (C=O) groups is 2. The Balaban J connectivity index is 1.94. The maximum Gasteiger partial charge on any atom is 0.323 e. The minimum absolute atomic E-state index is 0.0147. The van der Waals surface area contributed by atoms with Crippen LogP contribution in [-0.2, 0) is 9.53 Å². The topological polar surface area (TPSA) is 91.1 Å². The molecule has 1 aromatic rings. The van der Waals surface area contributed by atoms with Gasteiger partial charge in [0.25, 0.3) is 0 Å². The molecule has 2 aliphatic heterocycles. The minimum atomic E-state index is -0.637. The molecule has 1 unspecified atom stereocenters. The highest BCUT2D eigenvalue weighted by Crippen LogP contribution is 2.44. The molecule has 0 amide bonds. The van der Waals surface area contributed by atoms with Crippen molar-refractivity contribution in [3.05, 3.63) is 23.3 Å². The van der Waals surface area contributed by atoms with Gasteiger partial charge >= 0.3 is 5.97 Å². The summed E-state index contributed by atoms with van der Waals surface area (Å²) >= 11 is 0. The molecule has 0 bridgehead atoms. The molecule has 7 heteroatoms. The lowest BCUT2D eigenvalue weighted by molar-refractivity contribution is -0.160. The lowest BCUT2D eigenvalue weighted by atomic mass is 9.78. The summed E-state index contributed by atoms with van der Waals surface area (Å²) in [5, 5.41) is 0. The molecular formula is C24H36N2O5. The molecule has 2 N–H and O–H groups in total. The Kier molecular flexibility index (Phi) is 7.27. The van der Waals surface area contributed by atoms with Crippen LogP contribution in [0.15, 0.2) is 12.1 Å². The van der Waals surface area contributed by atoms with Crippen molar-refractivity contribution in [1.82, 2.24) is 4.90 Å². The van der Waals surface area contributed by atoms with Crippen molar-refractivity contribution < 1.29 is 23.8 Å². The van der Waals surface area contributed by atoms with Gasteiger partial charge in [-0.15, -0.1) is 0 Å². The van der Waals surface area contributed by atoms with Gasteiger partial charge < -0.3 is 19.9 Å². The molecule has 2 heterocycles. The summed E-state index contributed by atoms with van der Waals surface area (Å²) in [6.07, 6.45) is 1.31. The van der Waals surface area contributed by atoms with Crippen LogP contribution in [0, 0.1) is 17.8 Å². The van der Waals surface area contributed by atoms with Gasteiger partial charge in [0.15, 0.2) is 17.3 Å². The summed E-state index contributed by atoms with van der Waals surface area (Å²) in [7, 11) is 3.15. The van der Waals surface area contributed by atoms with E-state index >= 15 is 0 Å². The quantitative estimate of drug-likeness (QED) is 0.662. The zero-order valence-corrected chi connectivity index (χ0v) is 19.5. The summed E-state index contributed by atoms with van der Waals surface area (Å²) in [6, 6.07) is 3.00. The Morgan fingerprint density at radius 3 is 2.39 bits per heavy atom. The van der Waals surface area contributed by atoms with Crippen LogP contribution in [0.25, 0.3) is 0 Å². The number of hydrogen-bond acceptors (Lipinski definition) is 7. The van der Waals surface area contributed by atoms with E-state index in [9.17, 15) is 9.59 Å². The first-order valence-corrected chi connectivity index (χ1v) is 11.1. The van der Waals surface area contributed by atoms with E-state index in [0.29, 0.717) is 42.5 Å². The number of benzene rings is 1. The highest BCUT2D eigenvalue weighted by atomic mass is 16.5. The average Bonchev–Trinajstić information content (AvgIpc) is 2.72. The zero-order chi connectivity index (χ0) is 22.9. The van der Waals surface area contributed by atoms with Crippen LogP contribution in [0.1, 0.15) is 62.5 Å². The third-order valence-electron chi connectivity index (χ3n) is 6.49. The van der Waals surface area contributed by atoms with Gasteiger partial charge in [-0.1, -0.05) is 27.7 Å². The highest BCUT2D eigenvalue weighted by molar-refractivity contribution is 6.01. The summed E-state index contributed by atoms with van der Waals surface area (Å²) in [5.74, 6) is 1.50. The molecule has 7 nitrogen and oxygen atoms in total. The number of ether oxygens (including phenoxy) is 3. The Morgan fingerprint density at radius 2 is 1.81 bits per heavy atom. The standard InChI is InChI=1S/C24H36N2O5/c1-13(2)7-15-11-26-12-19(27)17-9-22(30-6)21(29-5)8-16(17)18(26)10-20(15)31-24(28)23(25)14(3)4/h8-9,13-15,18,20,23H,7,10-12,25H2,1-6H3/t15-,18-,20-,23?/m1/s1. The predicted molar refractivity (Wildman–Crippen MR) is 118 cm³/mol. The number of piperidine rings is 1. The molecule has 3 rings (SSSR count). The van der Waals surface area contributed by atoms with Crippen LogP contribution in [0.2, 0.25) is 0 Å². The minimum Gasteiger partial charge on any atom is -0.493 e. The average molecular weight is 433 g/mol. The van der Waals surface area contributed by atoms with Gasteiger partial charge in [-0.05, 0) is 36.0 Å². The Bertz CT molecular complexity index is 822. The van der Waals surface area contributed by atoms with Gasteiger partial charge in [-0.2, -0.15) is 0 Å². The molecule has 0 saturated carbocycles. The van der Waals surface area contributed by atoms with E-state index in [2.05, 4.69) is 18.7 Å². The van der Waals surface area contributed by atoms with E-state index in [1.165, 1.54) is 0 Å². The normalized spacial score (nSPS) is 24.5. The van der Waals surface area contributed by atoms with Gasteiger partial charge in [0.2, 0.25) is 0 Å².